The molecule has 1 saturated heterocycles. The molecular weight excluding hydrogens is 276 g/mol. The van der Waals surface area contributed by atoms with Crippen molar-refractivity contribution in [1.29, 1.82) is 0 Å². The van der Waals surface area contributed by atoms with E-state index in [1.807, 2.05) is 6.07 Å². The van der Waals surface area contributed by atoms with Crippen molar-refractivity contribution in [2.75, 3.05) is 33.0 Å². The Morgan fingerprint density at radius 3 is 2.95 bits per heavy atom. The van der Waals surface area contributed by atoms with Crippen molar-refractivity contribution in [3.63, 3.8) is 0 Å². The van der Waals surface area contributed by atoms with Crippen LogP contribution >= 0.6 is 0 Å². The smallest absolute Gasteiger partial charge is 0.315 e. The van der Waals surface area contributed by atoms with Gasteiger partial charge in [0, 0.05) is 19.2 Å². The second-order valence-electron chi connectivity index (χ2n) is 4.72. The molecule has 0 spiro atoms. The Bertz CT molecular complexity index is 505. The number of hydrazine groups is 1. The number of carbonyl (C=O) groups is 1. The molecule has 4 N–H and O–H groups in total. The predicted molar refractivity (Wildman–Crippen MR) is 74.4 cm³/mol. The predicted octanol–water partition coefficient (Wildman–Crippen LogP) is -0.430. The van der Waals surface area contributed by atoms with Crippen LogP contribution in [0.25, 0.3) is 0 Å². The van der Waals surface area contributed by atoms with Crippen molar-refractivity contribution < 1.29 is 19.0 Å². The van der Waals surface area contributed by atoms with Gasteiger partial charge in [-0.2, -0.15) is 0 Å². The number of rotatable bonds is 5. The summed E-state index contributed by atoms with van der Waals surface area (Å²) in [4.78, 5) is 11.6. The third-order valence-corrected chi connectivity index (χ3v) is 3.16. The maximum atomic E-state index is 11.6. The summed E-state index contributed by atoms with van der Waals surface area (Å²) in [6, 6.07) is 5.30. The van der Waals surface area contributed by atoms with Crippen molar-refractivity contribution in [3.05, 3.63) is 18.2 Å². The van der Waals surface area contributed by atoms with Crippen LogP contribution in [0.5, 0.6) is 17.2 Å². The van der Waals surface area contributed by atoms with Gasteiger partial charge >= 0.3 is 6.03 Å². The van der Waals surface area contributed by atoms with Crippen LogP contribution in [-0.4, -0.2) is 45.1 Å². The summed E-state index contributed by atoms with van der Waals surface area (Å²) in [6.45, 7) is 2.50. The quantitative estimate of drug-likeness (QED) is 0.551. The van der Waals surface area contributed by atoms with Gasteiger partial charge in [-0.25, -0.2) is 4.79 Å². The highest BCUT2D eigenvalue weighted by atomic mass is 16.7. The summed E-state index contributed by atoms with van der Waals surface area (Å²) >= 11 is 0. The topological polar surface area (TPSA) is 92.9 Å². The van der Waals surface area contributed by atoms with Crippen LogP contribution in [0.1, 0.15) is 0 Å². The molecule has 2 aliphatic rings. The highest BCUT2D eigenvalue weighted by Gasteiger charge is 2.16. The van der Waals surface area contributed by atoms with Crippen molar-refractivity contribution in [1.82, 2.24) is 21.5 Å². The Morgan fingerprint density at radius 2 is 2.10 bits per heavy atom. The molecule has 0 aromatic heterocycles. The van der Waals surface area contributed by atoms with E-state index in [9.17, 15) is 4.79 Å². The standard InChI is InChI=1S/C13H18N4O4/c18-13(17-9-6-15-16-7-9)14-3-4-19-10-1-2-11-12(5-10)21-8-20-11/h1-2,5,9,15-16H,3-4,6-8H2,(H2,14,17,18). The van der Waals surface area contributed by atoms with E-state index in [0.717, 1.165) is 18.8 Å². The van der Waals surface area contributed by atoms with Crippen molar-refractivity contribution in [2.45, 2.75) is 6.04 Å². The number of amides is 2. The lowest BCUT2D eigenvalue weighted by atomic mass is 10.3. The van der Waals surface area contributed by atoms with Crippen LogP contribution < -0.4 is 35.7 Å². The molecule has 0 saturated carbocycles. The first-order valence-corrected chi connectivity index (χ1v) is 6.84. The molecule has 1 fully saturated rings. The van der Waals surface area contributed by atoms with Gasteiger partial charge in [0.1, 0.15) is 12.4 Å². The fourth-order valence-corrected chi connectivity index (χ4v) is 2.10. The van der Waals surface area contributed by atoms with Crippen LogP contribution in [0.4, 0.5) is 4.79 Å². The highest BCUT2D eigenvalue weighted by Crippen LogP contribution is 2.34. The summed E-state index contributed by atoms with van der Waals surface area (Å²) in [5.74, 6) is 2.09. The van der Waals surface area contributed by atoms with Gasteiger partial charge in [0.2, 0.25) is 6.79 Å². The minimum absolute atomic E-state index is 0.111. The van der Waals surface area contributed by atoms with E-state index in [-0.39, 0.29) is 18.9 Å². The van der Waals surface area contributed by atoms with Crippen LogP contribution in [0.15, 0.2) is 18.2 Å². The molecule has 0 radical (unpaired) electrons. The molecule has 2 aliphatic heterocycles. The van der Waals surface area contributed by atoms with E-state index in [1.54, 1.807) is 12.1 Å². The van der Waals surface area contributed by atoms with Gasteiger partial charge in [-0.3, -0.25) is 10.9 Å². The number of fused-ring (bicyclic) bond motifs is 1. The van der Waals surface area contributed by atoms with Gasteiger partial charge in [-0.1, -0.05) is 0 Å². The lowest BCUT2D eigenvalue weighted by Gasteiger charge is -2.12. The lowest BCUT2D eigenvalue weighted by molar-refractivity contribution is 0.173. The maximum absolute atomic E-state index is 11.6. The lowest BCUT2D eigenvalue weighted by Crippen LogP contribution is -2.45. The van der Waals surface area contributed by atoms with E-state index >= 15 is 0 Å². The molecule has 0 aliphatic carbocycles. The Labute approximate surface area is 122 Å². The number of carbonyl (C=O) groups excluding carboxylic acids is 1. The van der Waals surface area contributed by atoms with Crippen LogP contribution in [0.3, 0.4) is 0 Å². The third-order valence-electron chi connectivity index (χ3n) is 3.16. The summed E-state index contributed by atoms with van der Waals surface area (Å²) in [7, 11) is 0. The number of urea groups is 1. The van der Waals surface area contributed by atoms with E-state index in [2.05, 4.69) is 21.5 Å². The zero-order valence-electron chi connectivity index (χ0n) is 11.5. The molecule has 1 aromatic carbocycles. The molecule has 2 heterocycles. The summed E-state index contributed by atoms with van der Waals surface area (Å²) in [5, 5.41) is 5.59. The Balaban J connectivity index is 1.35. The Hall–Kier alpha value is -2.19. The molecule has 8 heteroatoms. The zero-order chi connectivity index (χ0) is 14.5. The van der Waals surface area contributed by atoms with Crippen LogP contribution in [0, 0.1) is 0 Å². The zero-order valence-corrected chi connectivity index (χ0v) is 11.5. The summed E-state index contributed by atoms with van der Waals surface area (Å²) in [5.41, 5.74) is 5.90. The Kier molecular flexibility index (Phi) is 4.27. The average Bonchev–Trinajstić information content (AvgIpc) is 3.14. The molecule has 0 atom stereocenters. The van der Waals surface area contributed by atoms with Gasteiger partial charge in [0.25, 0.3) is 0 Å². The number of hydrogen-bond acceptors (Lipinski definition) is 6. The second kappa shape index (κ2) is 6.51. The first-order valence-electron chi connectivity index (χ1n) is 6.84. The molecule has 2 amide bonds. The molecule has 0 bridgehead atoms. The van der Waals surface area contributed by atoms with Gasteiger partial charge in [-0.15, -0.1) is 0 Å². The molecule has 0 unspecified atom stereocenters. The van der Waals surface area contributed by atoms with E-state index in [0.29, 0.717) is 24.7 Å². The molecular formula is C13H18N4O4. The second-order valence-corrected chi connectivity index (χ2v) is 4.72. The molecule has 1 aromatic rings. The fourth-order valence-electron chi connectivity index (χ4n) is 2.10. The molecule has 8 nitrogen and oxygen atoms in total. The van der Waals surface area contributed by atoms with Gasteiger partial charge < -0.3 is 24.8 Å². The van der Waals surface area contributed by atoms with E-state index in [1.165, 1.54) is 0 Å². The molecule has 3 rings (SSSR count). The van der Waals surface area contributed by atoms with Gasteiger partial charge in [0.15, 0.2) is 11.5 Å². The monoisotopic (exact) mass is 294 g/mol. The molecule has 114 valence electrons. The fraction of sp³-hybridized carbons (Fsp3) is 0.462. The van der Waals surface area contributed by atoms with Crippen LogP contribution in [-0.2, 0) is 0 Å². The van der Waals surface area contributed by atoms with E-state index in [4.69, 9.17) is 14.2 Å². The van der Waals surface area contributed by atoms with E-state index < -0.39 is 0 Å². The third kappa shape index (κ3) is 3.67. The van der Waals surface area contributed by atoms with Gasteiger partial charge in [-0.05, 0) is 12.1 Å². The number of nitrogens with one attached hydrogen (secondary N) is 4. The number of benzene rings is 1. The average molecular weight is 294 g/mol. The largest absolute Gasteiger partial charge is 0.492 e. The highest BCUT2D eigenvalue weighted by molar-refractivity contribution is 5.74. The van der Waals surface area contributed by atoms with Crippen molar-refractivity contribution >= 4 is 6.03 Å². The van der Waals surface area contributed by atoms with Crippen LogP contribution in [0.2, 0.25) is 0 Å². The first kappa shape index (κ1) is 13.8. The first-order chi connectivity index (χ1) is 10.3. The minimum atomic E-state index is -0.195. The van der Waals surface area contributed by atoms with Crippen molar-refractivity contribution in [3.8, 4) is 17.2 Å². The minimum Gasteiger partial charge on any atom is -0.492 e. The summed E-state index contributed by atoms with van der Waals surface area (Å²) in [6.07, 6.45) is 0. The SMILES string of the molecule is O=C(NCCOc1ccc2c(c1)OCO2)NC1CNNC1. The molecule has 21 heavy (non-hydrogen) atoms. The number of ether oxygens (including phenoxy) is 3. The maximum Gasteiger partial charge on any atom is 0.315 e. The normalized spacial score (nSPS) is 16.8. The summed E-state index contributed by atoms with van der Waals surface area (Å²) < 4.78 is 16.0. The Morgan fingerprint density at radius 1 is 1.29 bits per heavy atom. The van der Waals surface area contributed by atoms with Crippen molar-refractivity contribution in [2.24, 2.45) is 0 Å². The number of hydrogen-bond donors (Lipinski definition) is 4. The van der Waals surface area contributed by atoms with Gasteiger partial charge in [0.05, 0.1) is 12.6 Å².